The molecule has 0 amide bonds. The lowest BCUT2D eigenvalue weighted by Gasteiger charge is -2.09. The van der Waals surface area contributed by atoms with Crippen LogP contribution in [0.4, 0.5) is 13.2 Å². The molecular weight excluding hydrogens is 211 g/mol. The molecule has 1 aromatic heterocycles. The number of rotatable bonds is 4. The number of hydrogen-bond donors (Lipinski definition) is 1. The molecule has 0 saturated carbocycles. The molecule has 1 aromatic rings. The smallest absolute Gasteiger partial charge is 0.339 e. The molecule has 4 nitrogen and oxygen atoms in total. The van der Waals surface area contributed by atoms with Gasteiger partial charge in [0.2, 0.25) is 5.89 Å². The van der Waals surface area contributed by atoms with Gasteiger partial charge in [-0.1, -0.05) is 12.1 Å². The number of aromatic nitrogens is 2. The molecule has 0 aromatic carbocycles. The Kier molecular flexibility index (Phi) is 3.67. The van der Waals surface area contributed by atoms with Crippen molar-refractivity contribution in [1.29, 1.82) is 0 Å². The van der Waals surface area contributed by atoms with Crippen LogP contribution in [0, 0.1) is 0 Å². The number of nitrogens with two attached hydrogens (primary N) is 1. The highest BCUT2D eigenvalue weighted by molar-refractivity contribution is 4.93. The third kappa shape index (κ3) is 3.86. The van der Waals surface area contributed by atoms with Crippen LogP contribution in [-0.2, 0) is 6.42 Å². The molecule has 0 radical (unpaired) electrons. The number of halogens is 3. The van der Waals surface area contributed by atoms with Crippen LogP contribution in [0.1, 0.15) is 31.0 Å². The summed E-state index contributed by atoms with van der Waals surface area (Å²) in [4.78, 5) is 3.83. The van der Waals surface area contributed by atoms with Gasteiger partial charge < -0.3 is 10.3 Å². The van der Waals surface area contributed by atoms with E-state index in [1.54, 1.807) is 0 Å². The van der Waals surface area contributed by atoms with E-state index in [1.807, 2.05) is 0 Å². The van der Waals surface area contributed by atoms with E-state index < -0.39 is 18.5 Å². The molecule has 0 spiro atoms. The van der Waals surface area contributed by atoms with Crippen molar-refractivity contribution in [1.82, 2.24) is 10.1 Å². The van der Waals surface area contributed by atoms with E-state index in [-0.39, 0.29) is 5.89 Å². The molecule has 1 rings (SSSR count). The summed E-state index contributed by atoms with van der Waals surface area (Å²) in [5.41, 5.74) is 5.25. The maximum absolute atomic E-state index is 12.0. The Balaban J connectivity index is 2.61. The van der Waals surface area contributed by atoms with Gasteiger partial charge in [-0.2, -0.15) is 18.2 Å². The summed E-state index contributed by atoms with van der Waals surface area (Å²) in [6.07, 6.45) is -4.78. The molecule has 0 aliphatic heterocycles. The van der Waals surface area contributed by atoms with Gasteiger partial charge in [-0.15, -0.1) is 0 Å². The lowest BCUT2D eigenvalue weighted by atomic mass is 10.1. The minimum absolute atomic E-state index is 0.00998. The first-order valence-corrected chi connectivity index (χ1v) is 4.51. The molecule has 1 atom stereocenters. The Morgan fingerprint density at radius 2 is 2.13 bits per heavy atom. The average molecular weight is 223 g/mol. The van der Waals surface area contributed by atoms with Crippen LogP contribution < -0.4 is 5.73 Å². The Morgan fingerprint density at radius 3 is 2.67 bits per heavy atom. The topological polar surface area (TPSA) is 64.9 Å². The van der Waals surface area contributed by atoms with Crippen molar-refractivity contribution in [3.63, 3.8) is 0 Å². The van der Waals surface area contributed by atoms with Crippen LogP contribution in [0.25, 0.3) is 0 Å². The average Bonchev–Trinajstić information content (AvgIpc) is 2.50. The summed E-state index contributed by atoms with van der Waals surface area (Å²) in [5, 5.41) is 3.52. The lowest BCUT2D eigenvalue weighted by Crippen LogP contribution is -2.12. The van der Waals surface area contributed by atoms with Gasteiger partial charge in [0, 0.05) is 12.3 Å². The Labute approximate surface area is 84.6 Å². The molecule has 0 bridgehead atoms. The van der Waals surface area contributed by atoms with E-state index in [1.165, 1.54) is 6.92 Å². The molecule has 86 valence electrons. The molecule has 0 saturated heterocycles. The molecule has 1 unspecified atom stereocenters. The van der Waals surface area contributed by atoms with Crippen LogP contribution in [-0.4, -0.2) is 22.9 Å². The van der Waals surface area contributed by atoms with E-state index in [0.29, 0.717) is 18.8 Å². The lowest BCUT2D eigenvalue weighted by molar-refractivity contribution is -0.139. The van der Waals surface area contributed by atoms with Gasteiger partial charge in [0.25, 0.3) is 0 Å². The fraction of sp³-hybridized carbons (Fsp3) is 0.750. The highest BCUT2D eigenvalue weighted by atomic mass is 19.4. The van der Waals surface area contributed by atoms with E-state index in [9.17, 15) is 13.2 Å². The summed E-state index contributed by atoms with van der Waals surface area (Å²) >= 11 is 0. The zero-order valence-electron chi connectivity index (χ0n) is 8.21. The minimum atomic E-state index is -4.22. The van der Waals surface area contributed by atoms with Crippen LogP contribution in [0.15, 0.2) is 4.52 Å². The normalized spacial score (nSPS) is 14.2. The van der Waals surface area contributed by atoms with Crippen molar-refractivity contribution >= 4 is 0 Å². The molecular formula is C8H12F3N3O. The van der Waals surface area contributed by atoms with Crippen molar-refractivity contribution in [2.45, 2.75) is 31.9 Å². The second kappa shape index (κ2) is 4.61. The maximum Gasteiger partial charge on any atom is 0.389 e. The summed E-state index contributed by atoms with van der Waals surface area (Å²) in [6.45, 7) is 1.74. The molecule has 0 aliphatic rings. The predicted octanol–water partition coefficient (Wildman–Crippen LogP) is 1.63. The first-order chi connectivity index (χ1) is 6.92. The molecule has 0 aliphatic carbocycles. The SMILES string of the molecule is CC(CC(F)(F)F)c1nc(CCN)no1. The monoisotopic (exact) mass is 223 g/mol. The minimum Gasteiger partial charge on any atom is -0.339 e. The van der Waals surface area contributed by atoms with Crippen molar-refractivity contribution in [3.05, 3.63) is 11.7 Å². The van der Waals surface area contributed by atoms with Gasteiger partial charge in [-0.25, -0.2) is 0 Å². The quantitative estimate of drug-likeness (QED) is 0.842. The fourth-order valence-corrected chi connectivity index (χ4v) is 1.13. The van der Waals surface area contributed by atoms with Gasteiger partial charge in [-0.05, 0) is 6.54 Å². The summed E-state index contributed by atoms with van der Waals surface area (Å²) in [5.74, 6) is -0.457. The number of hydrogen-bond acceptors (Lipinski definition) is 4. The fourth-order valence-electron chi connectivity index (χ4n) is 1.13. The van der Waals surface area contributed by atoms with Gasteiger partial charge in [0.15, 0.2) is 5.82 Å². The third-order valence-electron chi connectivity index (χ3n) is 1.81. The first kappa shape index (κ1) is 12.0. The Hall–Kier alpha value is -1.11. The van der Waals surface area contributed by atoms with E-state index >= 15 is 0 Å². The highest BCUT2D eigenvalue weighted by Gasteiger charge is 2.32. The van der Waals surface area contributed by atoms with Gasteiger partial charge in [0.1, 0.15) is 0 Å². The molecule has 7 heteroatoms. The van der Waals surface area contributed by atoms with Gasteiger partial charge >= 0.3 is 6.18 Å². The Morgan fingerprint density at radius 1 is 1.47 bits per heavy atom. The van der Waals surface area contributed by atoms with Gasteiger partial charge in [0.05, 0.1) is 6.42 Å². The molecule has 2 N–H and O–H groups in total. The van der Waals surface area contributed by atoms with Crippen LogP contribution in [0.3, 0.4) is 0 Å². The maximum atomic E-state index is 12.0. The number of alkyl halides is 3. The zero-order chi connectivity index (χ0) is 11.5. The number of nitrogens with zero attached hydrogens (tertiary/aromatic N) is 2. The third-order valence-corrected chi connectivity index (χ3v) is 1.81. The molecule has 0 fully saturated rings. The summed E-state index contributed by atoms with van der Waals surface area (Å²) in [7, 11) is 0. The summed E-state index contributed by atoms with van der Waals surface area (Å²) in [6, 6.07) is 0. The van der Waals surface area contributed by atoms with Crippen molar-refractivity contribution in [2.24, 2.45) is 5.73 Å². The predicted molar refractivity (Wildman–Crippen MR) is 46.1 cm³/mol. The Bertz CT molecular complexity index is 310. The molecule has 1 heterocycles. The van der Waals surface area contributed by atoms with E-state index in [4.69, 9.17) is 10.3 Å². The van der Waals surface area contributed by atoms with Crippen molar-refractivity contribution in [2.75, 3.05) is 6.54 Å². The zero-order valence-corrected chi connectivity index (χ0v) is 8.21. The largest absolute Gasteiger partial charge is 0.389 e. The second-order valence-electron chi connectivity index (χ2n) is 3.31. The molecule has 15 heavy (non-hydrogen) atoms. The van der Waals surface area contributed by atoms with Crippen LogP contribution in [0.5, 0.6) is 0 Å². The first-order valence-electron chi connectivity index (χ1n) is 4.51. The highest BCUT2D eigenvalue weighted by Crippen LogP contribution is 2.29. The van der Waals surface area contributed by atoms with E-state index in [0.717, 1.165) is 0 Å². The van der Waals surface area contributed by atoms with E-state index in [2.05, 4.69) is 10.1 Å². The van der Waals surface area contributed by atoms with Crippen molar-refractivity contribution < 1.29 is 17.7 Å². The van der Waals surface area contributed by atoms with Gasteiger partial charge in [-0.3, -0.25) is 0 Å². The second-order valence-corrected chi connectivity index (χ2v) is 3.31. The summed E-state index contributed by atoms with van der Waals surface area (Å²) < 4.78 is 40.8. The van der Waals surface area contributed by atoms with Crippen molar-refractivity contribution in [3.8, 4) is 0 Å². The standard InChI is InChI=1S/C8H12F3N3O/c1-5(4-8(9,10)11)7-13-6(2-3-12)14-15-7/h5H,2-4,12H2,1H3. The van der Waals surface area contributed by atoms with Crippen LogP contribution in [0.2, 0.25) is 0 Å². The van der Waals surface area contributed by atoms with Crippen LogP contribution >= 0.6 is 0 Å².